The number of thiophene rings is 1. The van der Waals surface area contributed by atoms with E-state index in [4.69, 9.17) is 4.74 Å². The van der Waals surface area contributed by atoms with Crippen LogP contribution in [0.25, 0.3) is 0 Å². The molecule has 1 amide bonds. The molecule has 1 heterocycles. The maximum Gasteiger partial charge on any atom is 0.339 e. The van der Waals surface area contributed by atoms with Gasteiger partial charge in [-0.15, -0.1) is 11.3 Å². The smallest absolute Gasteiger partial charge is 0.339 e. The Labute approximate surface area is 123 Å². The van der Waals surface area contributed by atoms with Crippen molar-refractivity contribution in [2.24, 2.45) is 0 Å². The molecule has 0 unspecified atom stereocenters. The van der Waals surface area contributed by atoms with E-state index >= 15 is 0 Å². The van der Waals surface area contributed by atoms with Crippen LogP contribution in [0.1, 0.15) is 53.9 Å². The van der Waals surface area contributed by atoms with Gasteiger partial charge in [-0.25, -0.2) is 4.79 Å². The highest BCUT2D eigenvalue weighted by Gasteiger charge is 2.42. The first kappa shape index (κ1) is 15.0. The van der Waals surface area contributed by atoms with Crippen molar-refractivity contribution in [1.82, 2.24) is 5.32 Å². The van der Waals surface area contributed by atoms with Gasteiger partial charge >= 0.3 is 5.97 Å². The van der Waals surface area contributed by atoms with Crippen LogP contribution in [0, 0.1) is 6.92 Å². The number of ether oxygens (including phenoxy) is 1. The van der Waals surface area contributed by atoms with Crippen molar-refractivity contribution in [2.45, 2.75) is 52.0 Å². The number of carbonyl (C=O) groups is 2. The van der Waals surface area contributed by atoms with Gasteiger partial charge in [0.1, 0.15) is 0 Å². The zero-order valence-electron chi connectivity index (χ0n) is 12.2. The Morgan fingerprint density at radius 2 is 2.10 bits per heavy atom. The Hall–Kier alpha value is -1.36. The van der Waals surface area contributed by atoms with Crippen LogP contribution in [0.2, 0.25) is 0 Å². The van der Waals surface area contributed by atoms with Crippen molar-refractivity contribution in [3.63, 3.8) is 0 Å². The molecule has 1 N–H and O–H groups in total. The van der Waals surface area contributed by atoms with Crippen molar-refractivity contribution in [3.05, 3.63) is 21.4 Å². The van der Waals surface area contributed by atoms with Crippen molar-refractivity contribution >= 4 is 23.2 Å². The van der Waals surface area contributed by atoms with Gasteiger partial charge in [0.15, 0.2) is 0 Å². The average molecular weight is 295 g/mol. The lowest BCUT2D eigenvalue weighted by Crippen LogP contribution is -2.37. The van der Waals surface area contributed by atoms with Gasteiger partial charge in [-0.3, -0.25) is 4.79 Å². The quantitative estimate of drug-likeness (QED) is 0.821. The van der Waals surface area contributed by atoms with E-state index in [0.717, 1.165) is 29.7 Å². The van der Waals surface area contributed by atoms with Gasteiger partial charge in [-0.05, 0) is 44.1 Å². The van der Waals surface area contributed by atoms with Crippen LogP contribution in [0.3, 0.4) is 0 Å². The summed E-state index contributed by atoms with van der Waals surface area (Å²) >= 11 is 1.45. The summed E-state index contributed by atoms with van der Waals surface area (Å²) in [5.41, 5.74) is 1.47. The van der Waals surface area contributed by atoms with Crippen molar-refractivity contribution < 1.29 is 14.3 Å². The van der Waals surface area contributed by atoms with E-state index < -0.39 is 0 Å². The molecule has 0 radical (unpaired) electrons. The number of carbonyl (C=O) groups excluding carboxylic acids is 2. The highest BCUT2D eigenvalue weighted by molar-refractivity contribution is 7.10. The molecule has 1 aliphatic carbocycles. The Kier molecular flexibility index (Phi) is 4.48. The maximum atomic E-state index is 12.1. The first-order valence-electron chi connectivity index (χ1n) is 7.06. The molecular weight excluding hydrogens is 274 g/mol. The van der Waals surface area contributed by atoms with Crippen molar-refractivity contribution in [1.29, 1.82) is 0 Å². The summed E-state index contributed by atoms with van der Waals surface area (Å²) < 4.78 is 5.06. The molecule has 1 aromatic rings. The first-order valence-corrected chi connectivity index (χ1v) is 7.94. The van der Waals surface area contributed by atoms with E-state index in [0.29, 0.717) is 12.2 Å². The zero-order valence-corrected chi connectivity index (χ0v) is 13.1. The van der Waals surface area contributed by atoms with Crippen LogP contribution < -0.4 is 5.32 Å². The van der Waals surface area contributed by atoms with Crippen LogP contribution >= 0.6 is 11.3 Å². The number of esters is 1. The predicted octanol–water partition coefficient (Wildman–Crippen LogP) is 2.83. The summed E-state index contributed by atoms with van der Waals surface area (Å²) in [7, 11) is 0. The van der Waals surface area contributed by atoms with Gasteiger partial charge in [-0.2, -0.15) is 0 Å². The van der Waals surface area contributed by atoms with E-state index in [1.165, 1.54) is 11.3 Å². The molecular formula is C15H21NO3S. The van der Waals surface area contributed by atoms with Gasteiger partial charge in [-0.1, -0.05) is 6.92 Å². The van der Waals surface area contributed by atoms with Crippen LogP contribution in [0.4, 0.5) is 0 Å². The minimum atomic E-state index is -0.328. The Morgan fingerprint density at radius 3 is 2.65 bits per heavy atom. The van der Waals surface area contributed by atoms with Crippen molar-refractivity contribution in [3.8, 4) is 0 Å². The highest BCUT2D eigenvalue weighted by atomic mass is 32.1. The topological polar surface area (TPSA) is 55.4 Å². The molecule has 0 bridgehead atoms. The summed E-state index contributed by atoms with van der Waals surface area (Å²) in [5, 5.41) is 4.99. The second kappa shape index (κ2) is 5.95. The van der Waals surface area contributed by atoms with Crippen molar-refractivity contribution in [2.75, 3.05) is 6.61 Å². The van der Waals surface area contributed by atoms with E-state index in [2.05, 4.69) is 12.2 Å². The minimum Gasteiger partial charge on any atom is -0.462 e. The van der Waals surface area contributed by atoms with Gasteiger partial charge < -0.3 is 10.1 Å². The first-order chi connectivity index (χ1) is 9.51. The van der Waals surface area contributed by atoms with Crippen LogP contribution in [-0.2, 0) is 16.0 Å². The number of rotatable bonds is 6. The lowest BCUT2D eigenvalue weighted by molar-refractivity contribution is -0.121. The van der Waals surface area contributed by atoms with Gasteiger partial charge in [0.25, 0.3) is 0 Å². The monoisotopic (exact) mass is 295 g/mol. The second-order valence-corrected chi connectivity index (χ2v) is 6.26. The molecule has 0 aromatic carbocycles. The van der Waals surface area contributed by atoms with E-state index in [-0.39, 0.29) is 23.8 Å². The Bertz CT molecular complexity index is 517. The molecule has 0 atom stereocenters. The largest absolute Gasteiger partial charge is 0.462 e. The van der Waals surface area contributed by atoms with Crippen LogP contribution in [0.5, 0.6) is 0 Å². The Morgan fingerprint density at radius 1 is 1.40 bits per heavy atom. The standard InChI is InChI=1S/C15H21NO3S/c1-4-15(6-7-15)16-12(17)8-11-13(10(3)9-20-11)14(18)19-5-2/h9H,4-8H2,1-3H3,(H,16,17). The lowest BCUT2D eigenvalue weighted by Gasteiger charge is -2.14. The summed E-state index contributed by atoms with van der Waals surface area (Å²) in [6.07, 6.45) is 3.34. The number of nitrogens with one attached hydrogen (secondary N) is 1. The SMILES string of the molecule is CCOC(=O)c1c(C)csc1CC(=O)NC1(CC)CC1. The summed E-state index contributed by atoms with van der Waals surface area (Å²) in [5.74, 6) is -0.331. The normalized spacial score (nSPS) is 15.8. The summed E-state index contributed by atoms with van der Waals surface area (Å²) in [6.45, 7) is 6.09. The van der Waals surface area contributed by atoms with Gasteiger partial charge in [0, 0.05) is 10.4 Å². The fraction of sp³-hybridized carbons (Fsp3) is 0.600. The third-order valence-electron chi connectivity index (χ3n) is 3.79. The molecule has 1 saturated carbocycles. The molecule has 0 saturated heterocycles. The second-order valence-electron chi connectivity index (χ2n) is 5.30. The number of hydrogen-bond acceptors (Lipinski definition) is 4. The average Bonchev–Trinajstić information content (AvgIpc) is 3.07. The zero-order chi connectivity index (χ0) is 14.8. The molecule has 0 aliphatic heterocycles. The Balaban J connectivity index is 2.06. The van der Waals surface area contributed by atoms with Gasteiger partial charge in [0.05, 0.1) is 18.6 Å². The molecule has 4 nitrogen and oxygen atoms in total. The van der Waals surface area contributed by atoms with E-state index in [1.54, 1.807) is 6.92 Å². The summed E-state index contributed by atoms with van der Waals surface area (Å²) in [6, 6.07) is 0. The molecule has 0 spiro atoms. The number of amides is 1. The highest BCUT2D eigenvalue weighted by Crippen LogP contribution is 2.38. The van der Waals surface area contributed by atoms with Crippen LogP contribution in [0.15, 0.2) is 5.38 Å². The molecule has 5 heteroatoms. The number of hydrogen-bond donors (Lipinski definition) is 1. The molecule has 1 aliphatic rings. The van der Waals surface area contributed by atoms with Crippen LogP contribution in [-0.4, -0.2) is 24.0 Å². The molecule has 1 fully saturated rings. The maximum absolute atomic E-state index is 12.1. The minimum absolute atomic E-state index is 0.00301. The van der Waals surface area contributed by atoms with Gasteiger partial charge in [0.2, 0.25) is 5.91 Å². The van der Waals surface area contributed by atoms with E-state index in [1.807, 2.05) is 12.3 Å². The lowest BCUT2D eigenvalue weighted by atomic mass is 10.1. The predicted molar refractivity (Wildman–Crippen MR) is 79.1 cm³/mol. The molecule has 20 heavy (non-hydrogen) atoms. The summed E-state index contributed by atoms with van der Waals surface area (Å²) in [4.78, 5) is 24.8. The van der Waals surface area contributed by atoms with E-state index in [9.17, 15) is 9.59 Å². The fourth-order valence-electron chi connectivity index (χ4n) is 2.31. The molecule has 1 aromatic heterocycles. The molecule has 2 rings (SSSR count). The third kappa shape index (κ3) is 3.20. The fourth-order valence-corrected chi connectivity index (χ4v) is 3.32. The third-order valence-corrected chi connectivity index (χ3v) is 4.89. The number of aryl methyl sites for hydroxylation is 1. The molecule has 110 valence electrons.